The first-order valence-electron chi connectivity index (χ1n) is 4.57. The molecule has 0 atom stereocenters. The van der Waals surface area contributed by atoms with Crippen LogP contribution in [0.1, 0.15) is 32.1 Å². The first kappa shape index (κ1) is 7.14. The quantitative estimate of drug-likeness (QED) is 0.375. The zero-order valence-corrected chi connectivity index (χ0v) is 6.74. The lowest BCUT2D eigenvalue weighted by atomic mass is 9.95. The predicted molar refractivity (Wildman–Crippen MR) is 43.8 cm³/mol. The third-order valence-electron chi connectivity index (χ3n) is 2.91. The molecule has 0 radical (unpaired) electrons. The zero-order valence-electron chi connectivity index (χ0n) is 6.74. The number of oxime groups is 1. The van der Waals surface area contributed by atoms with Crippen LogP contribution in [0.5, 0.6) is 0 Å². The van der Waals surface area contributed by atoms with Crippen LogP contribution in [0, 0.1) is 17.8 Å². The van der Waals surface area contributed by atoms with Crippen molar-refractivity contribution in [1.82, 2.24) is 0 Å². The van der Waals surface area contributed by atoms with Crippen molar-refractivity contribution >= 4 is 6.21 Å². The van der Waals surface area contributed by atoms with Crippen molar-refractivity contribution in [2.75, 3.05) is 0 Å². The molecule has 0 heterocycles. The molecule has 0 aliphatic heterocycles. The topological polar surface area (TPSA) is 32.6 Å². The number of rotatable bonds is 4. The summed E-state index contributed by atoms with van der Waals surface area (Å²) in [6, 6.07) is 0. The van der Waals surface area contributed by atoms with Gasteiger partial charge in [0, 0.05) is 6.21 Å². The second-order valence-corrected chi connectivity index (χ2v) is 3.87. The lowest BCUT2D eigenvalue weighted by molar-refractivity contribution is 0.317. The Kier molecular flexibility index (Phi) is 1.84. The molecule has 0 bridgehead atoms. The summed E-state index contributed by atoms with van der Waals surface area (Å²) in [5, 5.41) is 11.4. The molecule has 0 amide bonds. The van der Waals surface area contributed by atoms with Crippen LogP contribution in [0.2, 0.25) is 0 Å². The molecular formula is C9H15NO. The summed E-state index contributed by atoms with van der Waals surface area (Å²) in [6.07, 6.45) is 8.34. The van der Waals surface area contributed by atoms with Crippen LogP contribution >= 0.6 is 0 Å². The lowest BCUT2D eigenvalue weighted by Crippen LogP contribution is -2.05. The van der Waals surface area contributed by atoms with Crippen molar-refractivity contribution in [3.05, 3.63) is 0 Å². The lowest BCUT2D eigenvalue weighted by Gasteiger charge is -2.10. The van der Waals surface area contributed by atoms with Crippen LogP contribution in [0.3, 0.4) is 0 Å². The molecule has 2 aliphatic rings. The second kappa shape index (κ2) is 2.84. The van der Waals surface area contributed by atoms with Crippen molar-refractivity contribution in [3.8, 4) is 0 Å². The maximum absolute atomic E-state index is 8.29. The molecule has 0 saturated heterocycles. The van der Waals surface area contributed by atoms with Crippen LogP contribution in [-0.2, 0) is 0 Å². The highest BCUT2D eigenvalue weighted by Crippen LogP contribution is 2.50. The predicted octanol–water partition coefficient (Wildman–Crippen LogP) is 2.27. The minimum Gasteiger partial charge on any atom is -0.411 e. The van der Waals surface area contributed by atoms with Gasteiger partial charge in [0.25, 0.3) is 0 Å². The Labute approximate surface area is 67.3 Å². The molecule has 0 aromatic rings. The van der Waals surface area contributed by atoms with E-state index in [1.807, 2.05) is 0 Å². The highest BCUT2D eigenvalue weighted by atomic mass is 16.4. The molecular weight excluding hydrogens is 138 g/mol. The van der Waals surface area contributed by atoms with E-state index in [4.69, 9.17) is 5.21 Å². The molecule has 2 saturated carbocycles. The second-order valence-electron chi connectivity index (χ2n) is 3.87. The zero-order chi connectivity index (χ0) is 7.68. The molecule has 0 aromatic heterocycles. The van der Waals surface area contributed by atoms with Gasteiger partial charge in [-0.05, 0) is 49.9 Å². The molecule has 2 aliphatic carbocycles. The van der Waals surface area contributed by atoms with Gasteiger partial charge in [0.1, 0.15) is 0 Å². The van der Waals surface area contributed by atoms with E-state index < -0.39 is 0 Å². The number of nitrogens with zero attached hydrogens (tertiary/aromatic N) is 1. The van der Waals surface area contributed by atoms with Crippen LogP contribution in [0.4, 0.5) is 0 Å². The minimum absolute atomic E-state index is 0.853. The van der Waals surface area contributed by atoms with E-state index in [0.717, 1.165) is 24.2 Å². The van der Waals surface area contributed by atoms with Gasteiger partial charge < -0.3 is 5.21 Å². The molecule has 11 heavy (non-hydrogen) atoms. The van der Waals surface area contributed by atoms with E-state index >= 15 is 0 Å². The van der Waals surface area contributed by atoms with Gasteiger partial charge in [-0.1, -0.05) is 0 Å². The summed E-state index contributed by atoms with van der Waals surface area (Å²) in [7, 11) is 0. The van der Waals surface area contributed by atoms with Gasteiger partial charge >= 0.3 is 0 Å². The van der Waals surface area contributed by atoms with Crippen LogP contribution in [0.15, 0.2) is 5.16 Å². The Bertz CT molecular complexity index is 147. The first-order valence-corrected chi connectivity index (χ1v) is 4.57. The van der Waals surface area contributed by atoms with E-state index in [1.165, 1.54) is 25.7 Å². The van der Waals surface area contributed by atoms with E-state index in [0.29, 0.717) is 0 Å². The molecule has 0 spiro atoms. The first-order chi connectivity index (χ1) is 5.42. The molecule has 2 nitrogen and oxygen atoms in total. The maximum Gasteiger partial charge on any atom is 0.0438 e. The van der Waals surface area contributed by atoms with Gasteiger partial charge in [0.2, 0.25) is 0 Å². The molecule has 2 heteroatoms. The van der Waals surface area contributed by atoms with Gasteiger partial charge in [-0.15, -0.1) is 5.16 Å². The van der Waals surface area contributed by atoms with E-state index in [-0.39, 0.29) is 0 Å². The normalized spacial score (nSPS) is 25.2. The Morgan fingerprint density at radius 1 is 1.27 bits per heavy atom. The van der Waals surface area contributed by atoms with E-state index in [2.05, 4.69) is 5.16 Å². The smallest absolute Gasteiger partial charge is 0.0438 e. The van der Waals surface area contributed by atoms with Crippen molar-refractivity contribution in [2.45, 2.75) is 32.1 Å². The highest BCUT2D eigenvalue weighted by Gasteiger charge is 2.40. The van der Waals surface area contributed by atoms with Crippen molar-refractivity contribution in [2.24, 2.45) is 22.9 Å². The maximum atomic E-state index is 8.29. The SMILES string of the molecule is O/N=C/CC(C1CC1)C1CC1. The molecule has 2 rings (SSSR count). The summed E-state index contributed by atoms with van der Waals surface area (Å²) in [5.41, 5.74) is 0. The third kappa shape index (κ3) is 1.73. The van der Waals surface area contributed by atoms with Gasteiger partial charge in [0.05, 0.1) is 0 Å². The average Bonchev–Trinajstić information content (AvgIpc) is 2.85. The molecule has 0 aromatic carbocycles. The van der Waals surface area contributed by atoms with Crippen molar-refractivity contribution in [3.63, 3.8) is 0 Å². The van der Waals surface area contributed by atoms with Crippen molar-refractivity contribution in [1.29, 1.82) is 0 Å². The van der Waals surface area contributed by atoms with Crippen molar-refractivity contribution < 1.29 is 5.21 Å². The Morgan fingerprint density at radius 3 is 2.18 bits per heavy atom. The summed E-state index contributed by atoms with van der Waals surface area (Å²) < 4.78 is 0. The Balaban J connectivity index is 1.82. The molecule has 2 fully saturated rings. The Morgan fingerprint density at radius 2 is 1.82 bits per heavy atom. The molecule has 62 valence electrons. The van der Waals surface area contributed by atoms with Gasteiger partial charge in [-0.25, -0.2) is 0 Å². The average molecular weight is 153 g/mol. The summed E-state index contributed by atoms with van der Waals surface area (Å²) in [4.78, 5) is 0. The Hall–Kier alpha value is -0.530. The summed E-state index contributed by atoms with van der Waals surface area (Å²) in [6.45, 7) is 0. The number of hydrogen-bond acceptors (Lipinski definition) is 2. The largest absolute Gasteiger partial charge is 0.411 e. The fourth-order valence-corrected chi connectivity index (χ4v) is 1.99. The molecule has 1 N–H and O–H groups in total. The fourth-order valence-electron chi connectivity index (χ4n) is 1.99. The van der Waals surface area contributed by atoms with Gasteiger partial charge in [-0.2, -0.15) is 0 Å². The summed E-state index contributed by atoms with van der Waals surface area (Å²) in [5.74, 6) is 2.80. The number of hydrogen-bond donors (Lipinski definition) is 1. The monoisotopic (exact) mass is 153 g/mol. The minimum atomic E-state index is 0.853. The van der Waals surface area contributed by atoms with Crippen LogP contribution < -0.4 is 0 Å². The van der Waals surface area contributed by atoms with Crippen LogP contribution in [0.25, 0.3) is 0 Å². The fraction of sp³-hybridized carbons (Fsp3) is 0.889. The van der Waals surface area contributed by atoms with E-state index in [1.54, 1.807) is 6.21 Å². The van der Waals surface area contributed by atoms with E-state index in [9.17, 15) is 0 Å². The van der Waals surface area contributed by atoms with Crippen LogP contribution in [-0.4, -0.2) is 11.4 Å². The van der Waals surface area contributed by atoms with Gasteiger partial charge in [0.15, 0.2) is 0 Å². The highest BCUT2D eigenvalue weighted by molar-refractivity contribution is 5.56. The molecule has 0 unspecified atom stereocenters. The standard InChI is InChI=1S/C9H15NO/c11-10-6-5-9(7-1-2-7)8-3-4-8/h6-9,11H,1-5H2/b10-6+. The van der Waals surface area contributed by atoms with Gasteiger partial charge in [-0.3, -0.25) is 0 Å². The third-order valence-corrected chi connectivity index (χ3v) is 2.91. The summed E-state index contributed by atoms with van der Waals surface area (Å²) >= 11 is 0.